The molecule has 84 valence electrons. The highest BCUT2D eigenvalue weighted by molar-refractivity contribution is 5.40. The lowest BCUT2D eigenvalue weighted by molar-refractivity contribution is 0.281. The maximum Gasteiger partial charge on any atom is 0.128 e. The van der Waals surface area contributed by atoms with Crippen molar-refractivity contribution >= 4 is 5.82 Å². The zero-order valence-electron chi connectivity index (χ0n) is 9.77. The van der Waals surface area contributed by atoms with Crippen molar-refractivity contribution in [1.29, 1.82) is 0 Å². The van der Waals surface area contributed by atoms with Gasteiger partial charge in [0.1, 0.15) is 5.82 Å². The molecule has 0 saturated carbocycles. The summed E-state index contributed by atoms with van der Waals surface area (Å²) in [5, 5.41) is 9.05. The number of rotatable bonds is 5. The lowest BCUT2D eigenvalue weighted by Crippen LogP contribution is -2.28. The molecule has 1 heterocycles. The van der Waals surface area contributed by atoms with Gasteiger partial charge in [-0.25, -0.2) is 4.98 Å². The Hall–Kier alpha value is -1.09. The van der Waals surface area contributed by atoms with E-state index in [4.69, 9.17) is 5.11 Å². The smallest absolute Gasteiger partial charge is 0.128 e. The largest absolute Gasteiger partial charge is 0.392 e. The molecule has 0 fully saturated rings. The molecule has 0 amide bonds. The molecule has 0 atom stereocenters. The molecule has 3 nitrogen and oxygen atoms in total. The number of aliphatic hydroxyl groups excluding tert-OH is 1. The first kappa shape index (κ1) is 12.0. The van der Waals surface area contributed by atoms with E-state index in [-0.39, 0.29) is 6.61 Å². The van der Waals surface area contributed by atoms with Gasteiger partial charge in [0.15, 0.2) is 0 Å². The lowest BCUT2D eigenvalue weighted by Gasteiger charge is -2.24. The van der Waals surface area contributed by atoms with Gasteiger partial charge in [-0.1, -0.05) is 13.8 Å². The molecule has 0 aliphatic heterocycles. The predicted molar refractivity (Wildman–Crippen MR) is 62.9 cm³/mol. The Morgan fingerprint density at radius 3 is 2.73 bits per heavy atom. The summed E-state index contributed by atoms with van der Waals surface area (Å²) < 4.78 is 0. The Morgan fingerprint density at radius 2 is 2.20 bits per heavy atom. The SMILES string of the molecule is CCN(CC(C)C)c1cc(CO)ccn1. The van der Waals surface area contributed by atoms with Crippen LogP contribution in [0.3, 0.4) is 0 Å². The van der Waals surface area contributed by atoms with Gasteiger partial charge < -0.3 is 10.0 Å². The summed E-state index contributed by atoms with van der Waals surface area (Å²) in [7, 11) is 0. The molecular weight excluding hydrogens is 188 g/mol. The summed E-state index contributed by atoms with van der Waals surface area (Å²) in [6.45, 7) is 8.53. The third kappa shape index (κ3) is 3.51. The Bertz CT molecular complexity index is 299. The van der Waals surface area contributed by atoms with E-state index in [1.807, 2.05) is 12.1 Å². The lowest BCUT2D eigenvalue weighted by atomic mass is 10.2. The minimum atomic E-state index is 0.0781. The fraction of sp³-hybridized carbons (Fsp3) is 0.583. The van der Waals surface area contributed by atoms with Gasteiger partial charge in [-0.2, -0.15) is 0 Å². The van der Waals surface area contributed by atoms with Crippen molar-refractivity contribution in [2.75, 3.05) is 18.0 Å². The Balaban J connectivity index is 2.81. The van der Waals surface area contributed by atoms with E-state index in [1.165, 1.54) is 0 Å². The van der Waals surface area contributed by atoms with E-state index in [2.05, 4.69) is 30.7 Å². The van der Waals surface area contributed by atoms with Gasteiger partial charge in [0.2, 0.25) is 0 Å². The van der Waals surface area contributed by atoms with E-state index in [9.17, 15) is 0 Å². The van der Waals surface area contributed by atoms with Crippen LogP contribution in [0, 0.1) is 5.92 Å². The molecule has 0 aliphatic rings. The van der Waals surface area contributed by atoms with Crippen molar-refractivity contribution in [1.82, 2.24) is 4.98 Å². The number of aromatic nitrogens is 1. The van der Waals surface area contributed by atoms with Crippen LogP contribution in [-0.2, 0) is 6.61 Å². The Kier molecular flexibility index (Phi) is 4.56. The van der Waals surface area contributed by atoms with E-state index in [0.29, 0.717) is 5.92 Å². The Labute approximate surface area is 91.8 Å². The zero-order chi connectivity index (χ0) is 11.3. The van der Waals surface area contributed by atoms with E-state index >= 15 is 0 Å². The van der Waals surface area contributed by atoms with Crippen molar-refractivity contribution in [3.63, 3.8) is 0 Å². The molecule has 0 aromatic carbocycles. The summed E-state index contributed by atoms with van der Waals surface area (Å²) in [5.41, 5.74) is 0.919. The molecule has 1 rings (SSSR count). The van der Waals surface area contributed by atoms with Gasteiger partial charge >= 0.3 is 0 Å². The molecule has 0 spiro atoms. The monoisotopic (exact) mass is 208 g/mol. The second-order valence-electron chi connectivity index (χ2n) is 4.11. The van der Waals surface area contributed by atoms with Gasteiger partial charge in [-0.3, -0.25) is 0 Å². The molecular formula is C12H20N2O. The summed E-state index contributed by atoms with van der Waals surface area (Å²) in [6.07, 6.45) is 1.75. The fourth-order valence-corrected chi connectivity index (χ4v) is 1.56. The van der Waals surface area contributed by atoms with Crippen LogP contribution in [0.15, 0.2) is 18.3 Å². The van der Waals surface area contributed by atoms with Gasteiger partial charge in [0, 0.05) is 19.3 Å². The van der Waals surface area contributed by atoms with Crippen LogP contribution in [0.5, 0.6) is 0 Å². The maximum atomic E-state index is 9.05. The molecule has 3 heteroatoms. The van der Waals surface area contributed by atoms with Crippen LogP contribution in [0.2, 0.25) is 0 Å². The second-order valence-corrected chi connectivity index (χ2v) is 4.11. The summed E-state index contributed by atoms with van der Waals surface area (Å²) in [5.74, 6) is 1.57. The van der Waals surface area contributed by atoms with E-state index in [1.54, 1.807) is 6.20 Å². The molecule has 1 aromatic heterocycles. The highest BCUT2D eigenvalue weighted by Gasteiger charge is 2.07. The van der Waals surface area contributed by atoms with Gasteiger partial charge in [0.05, 0.1) is 6.61 Å². The Morgan fingerprint density at radius 1 is 1.47 bits per heavy atom. The fourth-order valence-electron chi connectivity index (χ4n) is 1.56. The van der Waals surface area contributed by atoms with Crippen LogP contribution in [0.25, 0.3) is 0 Å². The molecule has 0 radical (unpaired) electrons. The van der Waals surface area contributed by atoms with Crippen molar-refractivity contribution in [2.24, 2.45) is 5.92 Å². The highest BCUT2D eigenvalue weighted by Crippen LogP contribution is 2.14. The minimum Gasteiger partial charge on any atom is -0.392 e. The number of hydrogen-bond acceptors (Lipinski definition) is 3. The predicted octanol–water partition coefficient (Wildman–Crippen LogP) is 2.06. The van der Waals surface area contributed by atoms with Crippen LogP contribution < -0.4 is 4.90 Å². The quantitative estimate of drug-likeness (QED) is 0.804. The van der Waals surface area contributed by atoms with Crippen LogP contribution in [0.4, 0.5) is 5.82 Å². The van der Waals surface area contributed by atoms with Crippen molar-refractivity contribution in [3.05, 3.63) is 23.9 Å². The van der Waals surface area contributed by atoms with Crippen LogP contribution >= 0.6 is 0 Å². The van der Waals surface area contributed by atoms with Gasteiger partial charge in [-0.15, -0.1) is 0 Å². The van der Waals surface area contributed by atoms with Crippen molar-refractivity contribution in [3.8, 4) is 0 Å². The third-order valence-corrected chi connectivity index (χ3v) is 2.28. The highest BCUT2D eigenvalue weighted by atomic mass is 16.3. The molecule has 0 bridgehead atoms. The average molecular weight is 208 g/mol. The second kappa shape index (κ2) is 5.71. The minimum absolute atomic E-state index is 0.0781. The van der Waals surface area contributed by atoms with Crippen LogP contribution in [0.1, 0.15) is 26.3 Å². The first-order chi connectivity index (χ1) is 7.17. The zero-order valence-corrected chi connectivity index (χ0v) is 9.77. The number of pyridine rings is 1. The molecule has 0 unspecified atom stereocenters. The molecule has 1 N–H and O–H groups in total. The van der Waals surface area contributed by atoms with E-state index in [0.717, 1.165) is 24.5 Å². The molecule has 15 heavy (non-hydrogen) atoms. The summed E-state index contributed by atoms with van der Waals surface area (Å²) >= 11 is 0. The maximum absolute atomic E-state index is 9.05. The summed E-state index contributed by atoms with van der Waals surface area (Å²) in [6, 6.07) is 3.79. The molecule has 0 aliphatic carbocycles. The van der Waals surface area contributed by atoms with Crippen LogP contribution in [-0.4, -0.2) is 23.2 Å². The first-order valence-electron chi connectivity index (χ1n) is 5.48. The van der Waals surface area contributed by atoms with E-state index < -0.39 is 0 Å². The van der Waals surface area contributed by atoms with Gasteiger partial charge in [-0.05, 0) is 30.5 Å². The number of aliphatic hydroxyl groups is 1. The average Bonchev–Trinajstić information content (AvgIpc) is 2.25. The van der Waals surface area contributed by atoms with Crippen molar-refractivity contribution < 1.29 is 5.11 Å². The normalized spacial score (nSPS) is 10.7. The third-order valence-electron chi connectivity index (χ3n) is 2.28. The molecule has 1 aromatic rings. The topological polar surface area (TPSA) is 36.4 Å². The number of nitrogens with zero attached hydrogens (tertiary/aromatic N) is 2. The standard InChI is InChI=1S/C12H20N2O/c1-4-14(8-10(2)3)12-7-11(9-15)5-6-13-12/h5-7,10,15H,4,8-9H2,1-3H3. The van der Waals surface area contributed by atoms with Crippen molar-refractivity contribution in [2.45, 2.75) is 27.4 Å². The summed E-state index contributed by atoms with van der Waals surface area (Å²) in [4.78, 5) is 6.55. The number of anilines is 1. The van der Waals surface area contributed by atoms with Gasteiger partial charge in [0.25, 0.3) is 0 Å². The number of hydrogen-bond donors (Lipinski definition) is 1. The first-order valence-corrected chi connectivity index (χ1v) is 5.48. The molecule has 0 saturated heterocycles.